The maximum Gasteiger partial charge on any atom is 0.170 e. The van der Waals surface area contributed by atoms with Gasteiger partial charge in [0.2, 0.25) is 0 Å². The zero-order chi connectivity index (χ0) is 13.5. The molecule has 7 heteroatoms. The Bertz CT molecular complexity index is 430. The molecule has 2 N–H and O–H groups in total. The van der Waals surface area contributed by atoms with Gasteiger partial charge in [-0.1, -0.05) is 0 Å². The molecule has 0 bridgehead atoms. The van der Waals surface area contributed by atoms with Crippen LogP contribution < -0.4 is 15.4 Å². The van der Waals surface area contributed by atoms with Crippen LogP contribution in [0, 0.1) is 0 Å². The summed E-state index contributed by atoms with van der Waals surface area (Å²) in [7, 11) is 3.27. The Balaban J connectivity index is 2.69. The second-order valence-corrected chi connectivity index (χ2v) is 5.46. The SMILES string of the molecule is COCCNC(=S)Nc1cc(OC)c(Br)cc1Br. The van der Waals surface area contributed by atoms with E-state index < -0.39 is 0 Å². The minimum absolute atomic E-state index is 0.539. The molecule has 1 aromatic rings. The molecule has 0 amide bonds. The minimum atomic E-state index is 0.539. The second-order valence-electron chi connectivity index (χ2n) is 3.34. The highest BCUT2D eigenvalue weighted by Crippen LogP contribution is 2.34. The molecule has 0 fully saturated rings. The predicted octanol–water partition coefficient (Wildman–Crippen LogP) is 3.15. The summed E-state index contributed by atoms with van der Waals surface area (Å²) in [5, 5.41) is 6.66. The lowest BCUT2D eigenvalue weighted by Crippen LogP contribution is -2.31. The number of anilines is 1. The molecule has 0 radical (unpaired) electrons. The molecule has 18 heavy (non-hydrogen) atoms. The Hall–Kier alpha value is -0.370. The lowest BCUT2D eigenvalue weighted by Gasteiger charge is -2.13. The Morgan fingerprint density at radius 2 is 2.00 bits per heavy atom. The fraction of sp³-hybridized carbons (Fsp3) is 0.364. The topological polar surface area (TPSA) is 42.5 Å². The van der Waals surface area contributed by atoms with Gasteiger partial charge in [-0.15, -0.1) is 0 Å². The van der Waals surface area contributed by atoms with Crippen LogP contribution >= 0.6 is 44.1 Å². The third kappa shape index (κ3) is 4.72. The van der Waals surface area contributed by atoms with Gasteiger partial charge in [-0.3, -0.25) is 0 Å². The predicted molar refractivity (Wildman–Crippen MR) is 84.5 cm³/mol. The maximum absolute atomic E-state index is 5.23. The first-order chi connectivity index (χ1) is 8.58. The Kier molecular flexibility index (Phi) is 6.91. The van der Waals surface area contributed by atoms with Gasteiger partial charge in [-0.25, -0.2) is 0 Å². The first-order valence-electron chi connectivity index (χ1n) is 5.15. The summed E-state index contributed by atoms with van der Waals surface area (Å²) in [6.07, 6.45) is 0. The Morgan fingerprint density at radius 1 is 1.28 bits per heavy atom. The van der Waals surface area contributed by atoms with E-state index >= 15 is 0 Å². The molecular weight excluding hydrogens is 384 g/mol. The molecule has 4 nitrogen and oxygen atoms in total. The van der Waals surface area contributed by atoms with E-state index in [1.807, 2.05) is 12.1 Å². The number of hydrogen-bond donors (Lipinski definition) is 2. The van der Waals surface area contributed by atoms with Gasteiger partial charge in [0.05, 0.1) is 23.9 Å². The van der Waals surface area contributed by atoms with Crippen molar-refractivity contribution in [3.63, 3.8) is 0 Å². The molecule has 0 aromatic heterocycles. The maximum atomic E-state index is 5.23. The number of methoxy groups -OCH3 is 2. The zero-order valence-electron chi connectivity index (χ0n) is 10.0. The van der Waals surface area contributed by atoms with E-state index in [1.165, 1.54) is 0 Å². The molecule has 100 valence electrons. The zero-order valence-corrected chi connectivity index (χ0v) is 14.0. The molecule has 0 aliphatic heterocycles. The standard InChI is InChI=1S/C11H14Br2N2O2S/c1-16-4-3-14-11(18)15-9-6-10(17-2)8(13)5-7(9)12/h5-6H,3-4H2,1-2H3,(H2,14,15,18). The quantitative estimate of drug-likeness (QED) is 0.590. The van der Waals surface area contributed by atoms with Crippen LogP contribution in [0.1, 0.15) is 0 Å². The fourth-order valence-corrected chi connectivity index (χ4v) is 2.68. The van der Waals surface area contributed by atoms with Crippen LogP contribution in [0.3, 0.4) is 0 Å². The molecule has 1 aromatic carbocycles. The summed E-state index contributed by atoms with van der Waals surface area (Å²) < 4.78 is 11.9. The number of nitrogens with one attached hydrogen (secondary N) is 2. The number of ether oxygens (including phenoxy) is 2. The highest BCUT2D eigenvalue weighted by Gasteiger charge is 2.08. The largest absolute Gasteiger partial charge is 0.495 e. The molecule has 0 spiro atoms. The van der Waals surface area contributed by atoms with Gasteiger partial charge in [-0.05, 0) is 50.1 Å². The molecule has 0 unspecified atom stereocenters. The molecule has 0 saturated carbocycles. The summed E-state index contributed by atoms with van der Waals surface area (Å²) >= 11 is 12.0. The van der Waals surface area contributed by atoms with Gasteiger partial charge in [0.25, 0.3) is 0 Å². The lowest BCUT2D eigenvalue weighted by molar-refractivity contribution is 0.204. The van der Waals surface area contributed by atoms with E-state index in [-0.39, 0.29) is 0 Å². The van der Waals surface area contributed by atoms with Crippen molar-refractivity contribution in [2.24, 2.45) is 0 Å². The van der Waals surface area contributed by atoms with E-state index in [1.54, 1.807) is 14.2 Å². The van der Waals surface area contributed by atoms with Crippen LogP contribution in [-0.4, -0.2) is 32.5 Å². The van der Waals surface area contributed by atoms with E-state index in [4.69, 9.17) is 21.7 Å². The third-order valence-electron chi connectivity index (χ3n) is 2.08. The highest BCUT2D eigenvalue weighted by atomic mass is 79.9. The molecule has 1 rings (SSSR count). The van der Waals surface area contributed by atoms with E-state index in [0.29, 0.717) is 18.3 Å². The monoisotopic (exact) mass is 396 g/mol. The van der Waals surface area contributed by atoms with Crippen molar-refractivity contribution in [3.05, 3.63) is 21.1 Å². The van der Waals surface area contributed by atoms with Gasteiger partial charge in [0.15, 0.2) is 5.11 Å². The Labute approximate surface area is 129 Å². The van der Waals surface area contributed by atoms with Crippen LogP contribution in [0.5, 0.6) is 5.75 Å². The molecule has 0 heterocycles. The van der Waals surface area contributed by atoms with Crippen LogP contribution in [0.15, 0.2) is 21.1 Å². The first kappa shape index (κ1) is 15.7. The van der Waals surface area contributed by atoms with Gasteiger partial charge < -0.3 is 20.1 Å². The molecule has 0 aliphatic carbocycles. The average Bonchev–Trinajstić information content (AvgIpc) is 2.33. The van der Waals surface area contributed by atoms with Gasteiger partial charge in [0, 0.05) is 24.2 Å². The minimum Gasteiger partial charge on any atom is -0.495 e. The normalized spacial score (nSPS) is 10.0. The molecule has 0 atom stereocenters. The van der Waals surface area contributed by atoms with Crippen LogP contribution in [0.4, 0.5) is 5.69 Å². The van der Waals surface area contributed by atoms with Gasteiger partial charge in [0.1, 0.15) is 5.75 Å². The van der Waals surface area contributed by atoms with Crippen molar-refractivity contribution in [2.45, 2.75) is 0 Å². The summed E-state index contributed by atoms with van der Waals surface area (Å²) in [5.41, 5.74) is 0.838. The number of thiocarbonyl (C=S) groups is 1. The third-order valence-corrected chi connectivity index (χ3v) is 3.60. The van der Waals surface area contributed by atoms with Crippen LogP contribution in [0.25, 0.3) is 0 Å². The van der Waals surface area contributed by atoms with Gasteiger partial charge in [-0.2, -0.15) is 0 Å². The fourth-order valence-electron chi connectivity index (χ4n) is 1.21. The van der Waals surface area contributed by atoms with E-state index in [0.717, 1.165) is 20.4 Å². The molecule has 0 saturated heterocycles. The molecule has 0 aliphatic rings. The van der Waals surface area contributed by atoms with Crippen molar-refractivity contribution in [1.29, 1.82) is 0 Å². The van der Waals surface area contributed by atoms with Crippen molar-refractivity contribution in [2.75, 3.05) is 32.7 Å². The molecular formula is C11H14Br2N2O2S. The number of halogens is 2. The summed E-state index contributed by atoms with van der Waals surface area (Å²) in [6, 6.07) is 3.76. The number of hydrogen-bond acceptors (Lipinski definition) is 3. The van der Waals surface area contributed by atoms with E-state index in [9.17, 15) is 0 Å². The van der Waals surface area contributed by atoms with Crippen molar-refractivity contribution < 1.29 is 9.47 Å². The first-order valence-corrected chi connectivity index (χ1v) is 7.14. The van der Waals surface area contributed by atoms with Crippen LogP contribution in [0.2, 0.25) is 0 Å². The smallest absolute Gasteiger partial charge is 0.170 e. The highest BCUT2D eigenvalue weighted by molar-refractivity contribution is 9.11. The Morgan fingerprint density at radius 3 is 2.61 bits per heavy atom. The summed E-state index contributed by atoms with van der Waals surface area (Å²) in [5.74, 6) is 0.736. The van der Waals surface area contributed by atoms with Gasteiger partial charge >= 0.3 is 0 Å². The second kappa shape index (κ2) is 7.93. The lowest BCUT2D eigenvalue weighted by atomic mass is 10.3. The van der Waals surface area contributed by atoms with Crippen LogP contribution in [-0.2, 0) is 4.74 Å². The van der Waals surface area contributed by atoms with Crippen molar-refractivity contribution in [1.82, 2.24) is 5.32 Å². The van der Waals surface area contributed by atoms with Crippen molar-refractivity contribution >= 4 is 54.9 Å². The number of rotatable bonds is 5. The average molecular weight is 398 g/mol. The van der Waals surface area contributed by atoms with E-state index in [2.05, 4.69) is 42.5 Å². The summed E-state index contributed by atoms with van der Waals surface area (Å²) in [6.45, 7) is 1.26. The number of benzene rings is 1. The summed E-state index contributed by atoms with van der Waals surface area (Å²) in [4.78, 5) is 0. The van der Waals surface area contributed by atoms with Crippen molar-refractivity contribution in [3.8, 4) is 5.75 Å².